The monoisotopic (exact) mass is 431 g/mol. The number of benzene rings is 1. The molecule has 1 saturated heterocycles. The molecule has 0 radical (unpaired) electrons. The molecule has 1 aliphatic heterocycles. The maximum Gasteiger partial charge on any atom is 0.573 e. The smallest absolute Gasteiger partial charge is 0.476 e. The zero-order valence-corrected chi connectivity index (χ0v) is 16.4. The standard InChI is InChI=1S/C18H20F3N3O4S/c1-13-2-7-17(23-22-13)27-12-14-8-10-24(11-9-14)29(25,26)16-5-3-15(4-6-16)28-18(19,20)21/h2-7,14H,8-12H2,1H3. The molecule has 0 bridgehead atoms. The zero-order valence-electron chi connectivity index (χ0n) is 15.6. The van der Waals surface area contributed by atoms with Gasteiger partial charge in [-0.2, -0.15) is 9.40 Å². The van der Waals surface area contributed by atoms with Gasteiger partial charge in [-0.25, -0.2) is 8.42 Å². The SMILES string of the molecule is Cc1ccc(OCC2CCN(S(=O)(=O)c3ccc(OC(F)(F)F)cc3)CC2)nn1. The number of aryl methyl sites for hydroxylation is 1. The summed E-state index contributed by atoms with van der Waals surface area (Å²) in [6.45, 7) is 2.84. The third-order valence-corrected chi connectivity index (χ3v) is 6.42. The van der Waals surface area contributed by atoms with E-state index in [9.17, 15) is 21.6 Å². The summed E-state index contributed by atoms with van der Waals surface area (Å²) < 4.78 is 72.8. The Hall–Kier alpha value is -2.40. The molecule has 158 valence electrons. The molecule has 0 unspecified atom stereocenters. The van der Waals surface area contributed by atoms with Crippen molar-refractivity contribution in [3.05, 3.63) is 42.1 Å². The minimum Gasteiger partial charge on any atom is -0.476 e. The van der Waals surface area contributed by atoms with Crippen molar-refractivity contribution in [2.75, 3.05) is 19.7 Å². The maximum absolute atomic E-state index is 12.7. The molecule has 11 heteroatoms. The molecule has 0 atom stereocenters. The Labute approximate surface area is 166 Å². The molecule has 2 aromatic rings. The van der Waals surface area contributed by atoms with Crippen LogP contribution in [-0.4, -0.2) is 49.0 Å². The molecule has 0 spiro atoms. The fourth-order valence-electron chi connectivity index (χ4n) is 2.95. The van der Waals surface area contributed by atoms with Gasteiger partial charge in [0, 0.05) is 19.2 Å². The Morgan fingerprint density at radius 1 is 1.07 bits per heavy atom. The third kappa shape index (κ3) is 5.80. The molecule has 1 aliphatic rings. The highest BCUT2D eigenvalue weighted by Gasteiger charge is 2.32. The Morgan fingerprint density at radius 3 is 2.28 bits per heavy atom. The number of rotatable bonds is 6. The van der Waals surface area contributed by atoms with Gasteiger partial charge in [0.1, 0.15) is 5.75 Å². The first-order chi connectivity index (χ1) is 13.6. The predicted molar refractivity (Wildman–Crippen MR) is 96.9 cm³/mol. The Kier molecular flexibility index (Phi) is 6.27. The summed E-state index contributed by atoms with van der Waals surface area (Å²) in [5.74, 6) is 0.130. The molecular weight excluding hydrogens is 411 g/mol. The van der Waals surface area contributed by atoms with Crippen molar-refractivity contribution in [1.29, 1.82) is 0 Å². The molecule has 1 aromatic carbocycles. The second-order valence-electron chi connectivity index (χ2n) is 6.69. The number of sulfonamides is 1. The molecule has 0 aliphatic carbocycles. The van der Waals surface area contributed by atoms with Crippen LogP contribution in [0.3, 0.4) is 0 Å². The van der Waals surface area contributed by atoms with E-state index in [0.717, 1.165) is 30.0 Å². The van der Waals surface area contributed by atoms with Crippen molar-refractivity contribution < 1.29 is 31.1 Å². The molecular formula is C18H20F3N3O4S. The van der Waals surface area contributed by atoms with Crippen molar-refractivity contribution in [3.8, 4) is 11.6 Å². The molecule has 29 heavy (non-hydrogen) atoms. The lowest BCUT2D eigenvalue weighted by molar-refractivity contribution is -0.274. The van der Waals surface area contributed by atoms with Gasteiger partial charge in [0.2, 0.25) is 15.9 Å². The number of piperidine rings is 1. The first-order valence-electron chi connectivity index (χ1n) is 8.92. The minimum atomic E-state index is -4.82. The second-order valence-corrected chi connectivity index (χ2v) is 8.63. The highest BCUT2D eigenvalue weighted by atomic mass is 32.2. The zero-order chi connectivity index (χ0) is 21.1. The summed E-state index contributed by atoms with van der Waals surface area (Å²) >= 11 is 0. The van der Waals surface area contributed by atoms with Crippen LogP contribution in [0.5, 0.6) is 11.6 Å². The molecule has 1 fully saturated rings. The molecule has 0 saturated carbocycles. The van der Waals surface area contributed by atoms with Crippen LogP contribution in [0.4, 0.5) is 13.2 Å². The lowest BCUT2D eigenvalue weighted by atomic mass is 9.99. The predicted octanol–water partition coefficient (Wildman–Crippen LogP) is 3.16. The van der Waals surface area contributed by atoms with Gasteiger partial charge in [0.15, 0.2) is 0 Å². The largest absolute Gasteiger partial charge is 0.573 e. The molecule has 1 aromatic heterocycles. The highest BCUT2D eigenvalue weighted by molar-refractivity contribution is 7.89. The summed E-state index contributed by atoms with van der Waals surface area (Å²) in [7, 11) is -3.78. The highest BCUT2D eigenvalue weighted by Crippen LogP contribution is 2.27. The fourth-order valence-corrected chi connectivity index (χ4v) is 4.42. The average Bonchev–Trinajstić information content (AvgIpc) is 2.67. The van der Waals surface area contributed by atoms with E-state index in [-0.39, 0.29) is 10.8 Å². The van der Waals surface area contributed by atoms with E-state index in [2.05, 4.69) is 14.9 Å². The van der Waals surface area contributed by atoms with E-state index in [4.69, 9.17) is 4.74 Å². The van der Waals surface area contributed by atoms with E-state index in [1.165, 1.54) is 4.31 Å². The van der Waals surface area contributed by atoms with Crippen molar-refractivity contribution in [1.82, 2.24) is 14.5 Å². The van der Waals surface area contributed by atoms with Crippen molar-refractivity contribution in [3.63, 3.8) is 0 Å². The Bertz CT molecular complexity index is 911. The Morgan fingerprint density at radius 2 is 1.72 bits per heavy atom. The van der Waals surface area contributed by atoms with E-state index in [1.807, 2.05) is 6.92 Å². The molecule has 7 nitrogen and oxygen atoms in total. The third-order valence-electron chi connectivity index (χ3n) is 4.51. The topological polar surface area (TPSA) is 81.6 Å². The minimum absolute atomic E-state index is 0.0725. The van der Waals surface area contributed by atoms with Gasteiger partial charge < -0.3 is 9.47 Å². The van der Waals surface area contributed by atoms with Gasteiger partial charge in [-0.3, -0.25) is 0 Å². The number of ether oxygens (including phenoxy) is 2. The molecule has 0 N–H and O–H groups in total. The van der Waals surface area contributed by atoms with E-state index in [1.54, 1.807) is 12.1 Å². The molecule has 3 rings (SSSR count). The summed E-state index contributed by atoms with van der Waals surface area (Å²) in [4.78, 5) is -0.0725. The normalized spacial score (nSPS) is 16.6. The number of nitrogens with zero attached hydrogens (tertiary/aromatic N) is 3. The first-order valence-corrected chi connectivity index (χ1v) is 10.4. The van der Waals surface area contributed by atoms with Crippen LogP contribution in [0, 0.1) is 12.8 Å². The van der Waals surface area contributed by atoms with Gasteiger partial charge in [-0.05, 0) is 56.0 Å². The molecule has 2 heterocycles. The van der Waals surface area contributed by atoms with E-state index in [0.29, 0.717) is 38.4 Å². The van der Waals surface area contributed by atoms with Crippen LogP contribution >= 0.6 is 0 Å². The second kappa shape index (κ2) is 8.54. The number of alkyl halides is 3. The van der Waals surface area contributed by atoms with Crippen LogP contribution in [-0.2, 0) is 10.0 Å². The van der Waals surface area contributed by atoms with Crippen LogP contribution < -0.4 is 9.47 Å². The van der Waals surface area contributed by atoms with Gasteiger partial charge in [-0.1, -0.05) is 0 Å². The molecule has 0 amide bonds. The van der Waals surface area contributed by atoms with Gasteiger partial charge >= 0.3 is 6.36 Å². The number of hydrogen-bond donors (Lipinski definition) is 0. The van der Waals surface area contributed by atoms with Gasteiger partial charge in [0.25, 0.3) is 0 Å². The summed E-state index contributed by atoms with van der Waals surface area (Å²) in [6, 6.07) is 7.73. The van der Waals surface area contributed by atoms with Crippen LogP contribution in [0.1, 0.15) is 18.5 Å². The van der Waals surface area contributed by atoms with E-state index < -0.39 is 22.1 Å². The van der Waals surface area contributed by atoms with Crippen molar-refractivity contribution in [2.45, 2.75) is 31.0 Å². The number of halogens is 3. The lowest BCUT2D eigenvalue weighted by Gasteiger charge is -2.31. The maximum atomic E-state index is 12.7. The van der Waals surface area contributed by atoms with Crippen molar-refractivity contribution >= 4 is 10.0 Å². The fraction of sp³-hybridized carbons (Fsp3) is 0.444. The van der Waals surface area contributed by atoms with Crippen LogP contribution in [0.25, 0.3) is 0 Å². The lowest BCUT2D eigenvalue weighted by Crippen LogP contribution is -2.39. The average molecular weight is 431 g/mol. The Balaban J connectivity index is 1.54. The van der Waals surface area contributed by atoms with Crippen LogP contribution in [0.2, 0.25) is 0 Å². The van der Waals surface area contributed by atoms with Crippen LogP contribution in [0.15, 0.2) is 41.3 Å². The van der Waals surface area contributed by atoms with Gasteiger partial charge in [-0.15, -0.1) is 18.3 Å². The summed E-state index contributed by atoms with van der Waals surface area (Å²) in [6.07, 6.45) is -3.61. The number of hydrogen-bond acceptors (Lipinski definition) is 6. The van der Waals surface area contributed by atoms with E-state index >= 15 is 0 Å². The van der Waals surface area contributed by atoms with Gasteiger partial charge in [0.05, 0.1) is 17.2 Å². The summed E-state index contributed by atoms with van der Waals surface area (Å²) in [5.41, 5.74) is 0.786. The summed E-state index contributed by atoms with van der Waals surface area (Å²) in [5, 5.41) is 7.84. The first kappa shape index (κ1) is 21.3. The quantitative estimate of drug-likeness (QED) is 0.699. The number of aromatic nitrogens is 2. The van der Waals surface area contributed by atoms with Crippen molar-refractivity contribution in [2.24, 2.45) is 5.92 Å².